The third kappa shape index (κ3) is 3.85. The molecular weight excluding hydrogens is 391 g/mol. The molecule has 0 saturated carbocycles. The third-order valence-corrected chi connectivity index (χ3v) is 6.87. The van der Waals surface area contributed by atoms with E-state index < -0.39 is 32.4 Å². The monoisotopic (exact) mass is 410 g/mol. The molecule has 1 fully saturated rings. The number of halogens is 1. The first-order valence-corrected chi connectivity index (χ1v) is 9.97. The lowest BCUT2D eigenvalue weighted by Crippen LogP contribution is -2.65. The van der Waals surface area contributed by atoms with Crippen LogP contribution in [0.25, 0.3) is 0 Å². The number of sulfone groups is 1. The van der Waals surface area contributed by atoms with Gasteiger partial charge in [0.25, 0.3) is 5.91 Å². The number of carbonyl (C=O) groups excluding carboxylic acids is 1. The summed E-state index contributed by atoms with van der Waals surface area (Å²) in [6.45, 7) is -0.0320. The van der Waals surface area contributed by atoms with Crippen molar-refractivity contribution in [1.82, 2.24) is 10.8 Å². The number of hydrogen-bond donors (Lipinski definition) is 4. The first-order valence-electron chi connectivity index (χ1n) is 8.42. The van der Waals surface area contributed by atoms with Gasteiger partial charge in [0.15, 0.2) is 15.4 Å². The molecule has 2 aromatic rings. The molecule has 0 aromatic heterocycles. The van der Waals surface area contributed by atoms with Crippen molar-refractivity contribution in [2.75, 3.05) is 13.1 Å². The highest BCUT2D eigenvalue weighted by atomic mass is 32.2. The van der Waals surface area contributed by atoms with E-state index in [1.165, 1.54) is 47.9 Å². The topological polar surface area (TPSA) is 125 Å². The summed E-state index contributed by atoms with van der Waals surface area (Å²) < 4.78 is 44.7. The van der Waals surface area contributed by atoms with Crippen molar-refractivity contribution < 1.29 is 32.7 Å². The summed E-state index contributed by atoms with van der Waals surface area (Å²) in [7, 11) is -4.10. The average molecular weight is 410 g/mol. The molecule has 2 unspecified atom stereocenters. The highest BCUT2D eigenvalue weighted by Gasteiger charge is 2.52. The number of benzene rings is 2. The predicted molar refractivity (Wildman–Crippen MR) is 96.3 cm³/mol. The molecule has 2 atom stereocenters. The number of nitrogens with one attached hydrogen (secondary N) is 2. The Hall–Kier alpha value is -2.53. The van der Waals surface area contributed by atoms with Crippen molar-refractivity contribution >= 4 is 15.7 Å². The van der Waals surface area contributed by atoms with Gasteiger partial charge in [-0.05, 0) is 49.4 Å². The maximum Gasteiger partial charge on any atom is 0.277 e. The normalized spacial score (nSPS) is 22.5. The molecule has 4 N–H and O–H groups in total. The molecule has 1 aliphatic heterocycles. The minimum atomic E-state index is -4.10. The van der Waals surface area contributed by atoms with Crippen LogP contribution in [-0.2, 0) is 14.6 Å². The SMILES string of the molecule is O=C(NO)C1(O)CNCCC1S(=O)(=O)c1ccc(Oc2cccc(F)c2)cc1. The molecule has 0 spiro atoms. The predicted octanol–water partition coefficient (Wildman–Crippen LogP) is 0.990. The largest absolute Gasteiger partial charge is 0.457 e. The van der Waals surface area contributed by atoms with E-state index in [9.17, 15) is 22.7 Å². The second-order valence-corrected chi connectivity index (χ2v) is 8.53. The molecule has 0 radical (unpaired) electrons. The lowest BCUT2D eigenvalue weighted by molar-refractivity contribution is -0.149. The minimum absolute atomic E-state index is 0.0200. The summed E-state index contributed by atoms with van der Waals surface area (Å²) >= 11 is 0. The molecule has 0 bridgehead atoms. The van der Waals surface area contributed by atoms with E-state index in [0.29, 0.717) is 5.75 Å². The summed E-state index contributed by atoms with van der Waals surface area (Å²) in [4.78, 5) is 11.8. The Balaban J connectivity index is 1.86. The maximum atomic E-state index is 13.2. The van der Waals surface area contributed by atoms with Crippen molar-refractivity contribution in [3.8, 4) is 11.5 Å². The van der Waals surface area contributed by atoms with Gasteiger partial charge in [-0.3, -0.25) is 10.0 Å². The summed E-state index contributed by atoms with van der Waals surface area (Å²) in [6.07, 6.45) is -0.0200. The van der Waals surface area contributed by atoms with Crippen LogP contribution in [-0.4, -0.2) is 48.6 Å². The van der Waals surface area contributed by atoms with E-state index in [2.05, 4.69) is 5.32 Å². The molecular formula is C18H19FN2O6S. The van der Waals surface area contributed by atoms with Gasteiger partial charge in [0, 0.05) is 12.6 Å². The average Bonchev–Trinajstić information content (AvgIpc) is 2.68. The highest BCUT2D eigenvalue weighted by molar-refractivity contribution is 7.92. The fraction of sp³-hybridized carbons (Fsp3) is 0.278. The summed E-state index contributed by atoms with van der Waals surface area (Å²) in [5.74, 6) is -1.12. The highest BCUT2D eigenvalue weighted by Crippen LogP contribution is 2.31. The summed E-state index contributed by atoms with van der Waals surface area (Å²) in [6, 6.07) is 10.8. The molecule has 10 heteroatoms. The Morgan fingerprint density at radius 3 is 2.57 bits per heavy atom. The first-order chi connectivity index (χ1) is 13.3. The van der Waals surface area contributed by atoms with Crippen LogP contribution in [0.15, 0.2) is 53.4 Å². The number of aliphatic hydroxyl groups is 1. The third-order valence-electron chi connectivity index (χ3n) is 4.56. The van der Waals surface area contributed by atoms with Crippen LogP contribution in [0.2, 0.25) is 0 Å². The van der Waals surface area contributed by atoms with Gasteiger partial charge >= 0.3 is 0 Å². The Labute approximate surface area is 160 Å². The molecule has 28 heavy (non-hydrogen) atoms. The number of piperidine rings is 1. The van der Waals surface area contributed by atoms with Crippen LogP contribution in [0.4, 0.5) is 4.39 Å². The van der Waals surface area contributed by atoms with Gasteiger partial charge in [-0.2, -0.15) is 0 Å². The second kappa shape index (κ2) is 7.84. The van der Waals surface area contributed by atoms with E-state index in [-0.39, 0.29) is 30.2 Å². The van der Waals surface area contributed by atoms with E-state index in [1.807, 2.05) is 0 Å². The van der Waals surface area contributed by atoms with Gasteiger partial charge in [0.05, 0.1) is 4.90 Å². The molecule has 150 valence electrons. The van der Waals surface area contributed by atoms with Crippen LogP contribution < -0.4 is 15.5 Å². The Morgan fingerprint density at radius 2 is 1.93 bits per heavy atom. The van der Waals surface area contributed by atoms with Gasteiger partial charge in [0.1, 0.15) is 22.6 Å². The van der Waals surface area contributed by atoms with E-state index in [1.54, 1.807) is 6.07 Å². The quantitative estimate of drug-likeness (QED) is 0.428. The summed E-state index contributed by atoms with van der Waals surface area (Å²) in [5, 5.41) is 20.8. The molecule has 1 saturated heterocycles. The molecule has 2 aromatic carbocycles. The Kier molecular flexibility index (Phi) is 5.66. The number of β-amino-alcohol motifs (C(OH)–C–C–N with tert-alkyl or cyclic N) is 1. The van der Waals surface area contributed by atoms with Crippen LogP contribution in [0, 0.1) is 5.82 Å². The van der Waals surface area contributed by atoms with Crippen LogP contribution in [0.5, 0.6) is 11.5 Å². The second-order valence-electron chi connectivity index (χ2n) is 6.40. The van der Waals surface area contributed by atoms with Crippen LogP contribution in [0.3, 0.4) is 0 Å². The Bertz CT molecular complexity index is 966. The van der Waals surface area contributed by atoms with Crippen LogP contribution in [0.1, 0.15) is 6.42 Å². The Morgan fingerprint density at radius 1 is 1.21 bits per heavy atom. The first kappa shape index (κ1) is 20.2. The standard InChI is InChI=1S/C18H19FN2O6S/c19-12-2-1-3-14(10-12)27-13-4-6-15(7-5-13)28(25,26)16-8-9-20-11-18(16,23)17(22)21-24/h1-7,10,16,20,23-24H,8-9,11H2,(H,21,22). The van der Waals surface area contributed by atoms with Gasteiger partial charge in [-0.25, -0.2) is 18.3 Å². The number of hydroxylamine groups is 1. The minimum Gasteiger partial charge on any atom is -0.457 e. The fourth-order valence-corrected chi connectivity index (χ4v) is 5.10. The fourth-order valence-electron chi connectivity index (χ4n) is 3.13. The molecule has 8 nitrogen and oxygen atoms in total. The molecule has 1 amide bonds. The molecule has 1 aliphatic rings. The lowest BCUT2D eigenvalue weighted by atomic mass is 9.93. The number of rotatable bonds is 5. The number of amides is 1. The number of carbonyl (C=O) groups is 1. The zero-order valence-corrected chi connectivity index (χ0v) is 15.4. The number of hydrogen-bond acceptors (Lipinski definition) is 7. The zero-order valence-electron chi connectivity index (χ0n) is 14.6. The van der Waals surface area contributed by atoms with E-state index in [0.717, 1.165) is 0 Å². The maximum absolute atomic E-state index is 13.2. The zero-order chi connectivity index (χ0) is 20.4. The van der Waals surface area contributed by atoms with Gasteiger partial charge in [-0.1, -0.05) is 6.07 Å². The molecule has 0 aliphatic carbocycles. The van der Waals surface area contributed by atoms with Crippen molar-refractivity contribution in [2.45, 2.75) is 22.2 Å². The van der Waals surface area contributed by atoms with Gasteiger partial charge < -0.3 is 15.2 Å². The number of ether oxygens (including phenoxy) is 1. The van der Waals surface area contributed by atoms with Gasteiger partial charge in [0.2, 0.25) is 0 Å². The van der Waals surface area contributed by atoms with Crippen molar-refractivity contribution in [3.63, 3.8) is 0 Å². The van der Waals surface area contributed by atoms with Crippen LogP contribution >= 0.6 is 0 Å². The van der Waals surface area contributed by atoms with E-state index >= 15 is 0 Å². The molecule has 1 heterocycles. The van der Waals surface area contributed by atoms with Gasteiger partial charge in [-0.15, -0.1) is 0 Å². The molecule has 3 rings (SSSR count). The van der Waals surface area contributed by atoms with Crippen molar-refractivity contribution in [2.24, 2.45) is 0 Å². The summed E-state index contributed by atoms with van der Waals surface area (Å²) in [5.41, 5.74) is -0.991. The van der Waals surface area contributed by atoms with Crippen molar-refractivity contribution in [1.29, 1.82) is 0 Å². The smallest absolute Gasteiger partial charge is 0.277 e. The van der Waals surface area contributed by atoms with Crippen molar-refractivity contribution in [3.05, 3.63) is 54.3 Å². The lowest BCUT2D eigenvalue weighted by Gasteiger charge is -2.37. The van der Waals surface area contributed by atoms with E-state index in [4.69, 9.17) is 9.94 Å².